The molecule has 0 saturated heterocycles. The van der Waals surface area contributed by atoms with Crippen molar-refractivity contribution in [3.05, 3.63) is 18.0 Å². The molecule has 0 aromatic carbocycles. The molecule has 1 aromatic rings. The van der Waals surface area contributed by atoms with E-state index in [1.807, 2.05) is 5.43 Å². The second-order valence-electron chi connectivity index (χ2n) is 1.60. The van der Waals surface area contributed by atoms with Gasteiger partial charge in [0.1, 0.15) is 6.26 Å². The summed E-state index contributed by atoms with van der Waals surface area (Å²) in [6.07, 6.45) is 1.60. The van der Waals surface area contributed by atoms with Crippen LogP contribution < -0.4 is 10.9 Å². The maximum atomic E-state index is 10.8. The Morgan fingerprint density at radius 1 is 1.73 bits per heavy atom. The molecule has 0 aliphatic heterocycles. The Balaban J connectivity index is 2.49. The van der Waals surface area contributed by atoms with Crippen molar-refractivity contribution in [1.29, 1.82) is 0 Å². The van der Waals surface area contributed by atoms with Gasteiger partial charge < -0.3 is 4.52 Å². The van der Waals surface area contributed by atoms with Gasteiger partial charge in [-0.2, -0.15) is 0 Å². The van der Waals surface area contributed by atoms with Crippen LogP contribution in [-0.2, 0) is 4.79 Å². The maximum absolute atomic E-state index is 10.8. The minimum absolute atomic E-state index is 0.111. The van der Waals surface area contributed by atoms with E-state index in [9.17, 15) is 9.59 Å². The van der Waals surface area contributed by atoms with Crippen molar-refractivity contribution in [3.63, 3.8) is 0 Å². The van der Waals surface area contributed by atoms with Gasteiger partial charge in [-0.3, -0.25) is 20.4 Å². The molecular weight excluding hydrogens is 150 g/mol. The molecule has 2 amide bonds. The lowest BCUT2D eigenvalue weighted by molar-refractivity contribution is -0.110. The number of hydrogen-bond donors (Lipinski definition) is 2. The third-order valence-electron chi connectivity index (χ3n) is 0.915. The first-order chi connectivity index (χ1) is 5.34. The molecule has 0 aliphatic carbocycles. The Morgan fingerprint density at radius 2 is 2.55 bits per heavy atom. The van der Waals surface area contributed by atoms with Gasteiger partial charge in [0.05, 0.1) is 0 Å². The normalized spacial score (nSPS) is 8.73. The molecule has 58 valence electrons. The lowest BCUT2D eigenvalue weighted by Crippen LogP contribution is -2.36. The van der Waals surface area contributed by atoms with Crippen LogP contribution in [0.3, 0.4) is 0 Å². The van der Waals surface area contributed by atoms with E-state index in [1.54, 1.807) is 0 Å². The summed E-state index contributed by atoms with van der Waals surface area (Å²) in [7, 11) is 0. The Morgan fingerprint density at radius 3 is 3.09 bits per heavy atom. The number of amides is 2. The number of rotatable bonds is 3. The number of carbonyl (C=O) groups excluding carboxylic acids is 2. The minimum Gasteiger partial charge on any atom is -0.364 e. The Bertz CT molecular complexity index is 243. The number of aromatic nitrogens is 1. The van der Waals surface area contributed by atoms with Gasteiger partial charge in [0.25, 0.3) is 5.91 Å². The molecule has 2 N–H and O–H groups in total. The predicted molar refractivity (Wildman–Crippen MR) is 33.2 cm³/mol. The summed E-state index contributed by atoms with van der Waals surface area (Å²) in [6, 6.07) is 1.38. The van der Waals surface area contributed by atoms with Crippen molar-refractivity contribution in [2.45, 2.75) is 0 Å². The first kappa shape index (κ1) is 7.26. The fourth-order valence-electron chi connectivity index (χ4n) is 0.489. The molecule has 1 rings (SSSR count). The van der Waals surface area contributed by atoms with Gasteiger partial charge in [0.2, 0.25) is 6.41 Å². The molecule has 0 unspecified atom stereocenters. The highest BCUT2D eigenvalue weighted by Gasteiger charge is 2.06. The van der Waals surface area contributed by atoms with Crippen molar-refractivity contribution in [2.75, 3.05) is 0 Å². The molecule has 0 aliphatic rings. The van der Waals surface area contributed by atoms with E-state index in [1.165, 1.54) is 12.3 Å². The monoisotopic (exact) mass is 155 g/mol. The van der Waals surface area contributed by atoms with Crippen LogP contribution in [0.2, 0.25) is 0 Å². The maximum Gasteiger partial charge on any atom is 0.291 e. The summed E-state index contributed by atoms with van der Waals surface area (Å²) in [6.45, 7) is 0. The summed E-state index contributed by atoms with van der Waals surface area (Å²) in [5.74, 6) is -0.522. The van der Waals surface area contributed by atoms with Crippen LogP contribution in [0.4, 0.5) is 0 Å². The molecule has 0 saturated carbocycles. The number of nitrogens with one attached hydrogen (secondary N) is 2. The lowest BCUT2D eigenvalue weighted by atomic mass is 10.4. The third kappa shape index (κ3) is 1.78. The molecule has 0 atom stereocenters. The molecule has 6 nitrogen and oxygen atoms in total. The second kappa shape index (κ2) is 3.35. The summed E-state index contributed by atoms with van der Waals surface area (Å²) in [4.78, 5) is 20.5. The standard InChI is InChI=1S/C5H5N3O3/c9-3-6-7-5(10)4-1-2-11-8-4/h1-3H,(H,6,9)(H,7,10). The zero-order valence-corrected chi connectivity index (χ0v) is 5.40. The fraction of sp³-hybridized carbons (Fsp3) is 0. The second-order valence-corrected chi connectivity index (χ2v) is 1.60. The van der Waals surface area contributed by atoms with E-state index in [2.05, 4.69) is 15.1 Å². The number of carbonyl (C=O) groups is 2. The number of hydrazine groups is 1. The van der Waals surface area contributed by atoms with Crippen LogP contribution >= 0.6 is 0 Å². The van der Waals surface area contributed by atoms with E-state index in [0.717, 1.165) is 0 Å². The fourth-order valence-corrected chi connectivity index (χ4v) is 0.489. The molecule has 11 heavy (non-hydrogen) atoms. The van der Waals surface area contributed by atoms with E-state index in [-0.39, 0.29) is 5.69 Å². The zero-order chi connectivity index (χ0) is 8.10. The predicted octanol–water partition coefficient (Wildman–Crippen LogP) is -0.935. The van der Waals surface area contributed by atoms with Crippen LogP contribution in [0.1, 0.15) is 10.5 Å². The average Bonchev–Trinajstić information content (AvgIpc) is 2.52. The first-order valence-electron chi connectivity index (χ1n) is 2.74. The molecule has 0 radical (unpaired) electrons. The van der Waals surface area contributed by atoms with Crippen LogP contribution in [0.5, 0.6) is 0 Å². The number of nitrogens with zero attached hydrogens (tertiary/aromatic N) is 1. The highest BCUT2D eigenvalue weighted by Crippen LogP contribution is 1.91. The summed E-state index contributed by atoms with van der Waals surface area (Å²) in [5.41, 5.74) is 4.14. The van der Waals surface area contributed by atoms with E-state index in [4.69, 9.17) is 0 Å². The van der Waals surface area contributed by atoms with Crippen molar-refractivity contribution >= 4 is 12.3 Å². The quantitative estimate of drug-likeness (QED) is 0.436. The van der Waals surface area contributed by atoms with Crippen LogP contribution in [0.25, 0.3) is 0 Å². The van der Waals surface area contributed by atoms with E-state index in [0.29, 0.717) is 6.41 Å². The minimum atomic E-state index is -0.522. The first-order valence-corrected chi connectivity index (χ1v) is 2.74. The molecule has 1 heterocycles. The summed E-state index contributed by atoms with van der Waals surface area (Å²) in [5, 5.41) is 3.33. The van der Waals surface area contributed by atoms with Gasteiger partial charge in [0.15, 0.2) is 5.69 Å². The summed E-state index contributed by atoms with van der Waals surface area (Å²) < 4.78 is 4.39. The lowest BCUT2D eigenvalue weighted by Gasteiger charge is -1.96. The largest absolute Gasteiger partial charge is 0.364 e. The van der Waals surface area contributed by atoms with Gasteiger partial charge >= 0.3 is 0 Å². The Hall–Kier alpha value is -1.85. The van der Waals surface area contributed by atoms with Crippen molar-refractivity contribution in [3.8, 4) is 0 Å². The third-order valence-corrected chi connectivity index (χ3v) is 0.915. The van der Waals surface area contributed by atoms with E-state index < -0.39 is 5.91 Å². The smallest absolute Gasteiger partial charge is 0.291 e. The van der Waals surface area contributed by atoms with Crippen molar-refractivity contribution < 1.29 is 14.1 Å². The summed E-state index contributed by atoms with van der Waals surface area (Å²) >= 11 is 0. The Labute approximate surface area is 61.5 Å². The van der Waals surface area contributed by atoms with Crippen molar-refractivity contribution in [1.82, 2.24) is 16.0 Å². The molecule has 6 heteroatoms. The molecular formula is C5H5N3O3. The topological polar surface area (TPSA) is 84.2 Å². The Kier molecular flexibility index (Phi) is 2.21. The van der Waals surface area contributed by atoms with Gasteiger partial charge in [-0.15, -0.1) is 0 Å². The number of hydrogen-bond acceptors (Lipinski definition) is 4. The highest BCUT2D eigenvalue weighted by atomic mass is 16.5. The average molecular weight is 155 g/mol. The van der Waals surface area contributed by atoms with Crippen molar-refractivity contribution in [2.24, 2.45) is 0 Å². The van der Waals surface area contributed by atoms with Gasteiger partial charge in [0, 0.05) is 6.07 Å². The zero-order valence-electron chi connectivity index (χ0n) is 5.40. The van der Waals surface area contributed by atoms with Crippen LogP contribution in [0.15, 0.2) is 16.9 Å². The van der Waals surface area contributed by atoms with Gasteiger partial charge in [-0.25, -0.2) is 0 Å². The van der Waals surface area contributed by atoms with Gasteiger partial charge in [-0.05, 0) is 0 Å². The van der Waals surface area contributed by atoms with Gasteiger partial charge in [-0.1, -0.05) is 5.16 Å². The van der Waals surface area contributed by atoms with E-state index >= 15 is 0 Å². The van der Waals surface area contributed by atoms with Crippen LogP contribution in [0, 0.1) is 0 Å². The molecule has 0 spiro atoms. The SMILES string of the molecule is O=CNNC(=O)c1ccon1. The molecule has 0 bridgehead atoms. The molecule has 1 aromatic heterocycles. The molecule has 0 fully saturated rings. The highest BCUT2D eigenvalue weighted by molar-refractivity contribution is 5.92. The van der Waals surface area contributed by atoms with Crippen LogP contribution in [-0.4, -0.2) is 17.5 Å².